The van der Waals surface area contributed by atoms with Crippen LogP contribution in [0.3, 0.4) is 0 Å². The van der Waals surface area contributed by atoms with Crippen molar-refractivity contribution < 1.29 is 33.3 Å². The van der Waals surface area contributed by atoms with Crippen LogP contribution in [0, 0.1) is 0 Å². The number of nitrogens with one attached hydrogen (secondary N) is 1. The van der Waals surface area contributed by atoms with Crippen molar-refractivity contribution in [2.24, 2.45) is 0 Å². The van der Waals surface area contributed by atoms with E-state index in [0.29, 0.717) is 45.3 Å². The van der Waals surface area contributed by atoms with E-state index in [4.69, 9.17) is 18.9 Å². The van der Waals surface area contributed by atoms with E-state index in [-0.39, 0.29) is 44.2 Å². The van der Waals surface area contributed by atoms with Gasteiger partial charge in [-0.25, -0.2) is 0 Å². The van der Waals surface area contributed by atoms with Gasteiger partial charge in [0.25, 0.3) is 17.7 Å². The molecule has 2 heterocycles. The minimum atomic E-state index is -0.361. The normalized spacial score (nSPS) is 13.6. The third-order valence-corrected chi connectivity index (χ3v) is 5.73. The van der Waals surface area contributed by atoms with Crippen LogP contribution in [0.5, 0.6) is 23.0 Å². The fourth-order valence-corrected chi connectivity index (χ4v) is 3.99. The Morgan fingerprint density at radius 1 is 0.971 bits per heavy atom. The Morgan fingerprint density at radius 3 is 2.46 bits per heavy atom. The molecule has 0 atom stereocenters. The number of nitrogens with zero attached hydrogens (tertiary/aromatic N) is 1. The molecular weight excluding hydrogens is 452 g/mol. The summed E-state index contributed by atoms with van der Waals surface area (Å²) in [4.78, 5) is 39.4. The van der Waals surface area contributed by atoms with E-state index in [1.54, 1.807) is 60.7 Å². The van der Waals surface area contributed by atoms with Gasteiger partial charge >= 0.3 is 0 Å². The lowest BCUT2D eigenvalue weighted by Crippen LogP contribution is -2.30. The largest absolute Gasteiger partial charge is 0.496 e. The second-order valence-electron chi connectivity index (χ2n) is 7.90. The van der Waals surface area contributed by atoms with Gasteiger partial charge in [0.15, 0.2) is 11.5 Å². The Hall–Kier alpha value is -4.53. The highest BCUT2D eigenvalue weighted by atomic mass is 16.7. The molecule has 0 fully saturated rings. The Bertz CT molecular complexity index is 1290. The van der Waals surface area contributed by atoms with Crippen LogP contribution < -0.4 is 24.3 Å². The molecule has 2 aliphatic heterocycles. The molecule has 3 amide bonds. The standard InChI is InChI=1S/C26H22N2O7/c1-32-21-8-6-16(14-28-25(30)18-4-2-3-5-19(18)26(28)31)12-20(21)24(29)27-10-11-33-17-7-9-22-23(13-17)35-15-34-22/h2-9,12-13H,10-11,14-15H2,1H3,(H,27,29). The van der Waals surface area contributed by atoms with Gasteiger partial charge in [0.05, 0.1) is 36.9 Å². The van der Waals surface area contributed by atoms with Crippen molar-refractivity contribution in [2.45, 2.75) is 6.54 Å². The van der Waals surface area contributed by atoms with Crippen molar-refractivity contribution in [3.05, 3.63) is 82.9 Å². The average molecular weight is 474 g/mol. The van der Waals surface area contributed by atoms with Gasteiger partial charge in [-0.15, -0.1) is 0 Å². The molecule has 0 saturated heterocycles. The first-order valence-electron chi connectivity index (χ1n) is 11.0. The van der Waals surface area contributed by atoms with E-state index in [9.17, 15) is 14.4 Å². The van der Waals surface area contributed by atoms with Gasteiger partial charge in [-0.1, -0.05) is 18.2 Å². The molecule has 0 unspecified atom stereocenters. The molecule has 35 heavy (non-hydrogen) atoms. The maximum Gasteiger partial charge on any atom is 0.261 e. The molecule has 0 bridgehead atoms. The van der Waals surface area contributed by atoms with Crippen LogP contribution >= 0.6 is 0 Å². The first kappa shape index (κ1) is 22.3. The number of carbonyl (C=O) groups is 3. The minimum absolute atomic E-state index is 0.0455. The molecule has 9 nitrogen and oxygen atoms in total. The number of fused-ring (bicyclic) bond motifs is 2. The number of ether oxygens (including phenoxy) is 4. The van der Waals surface area contributed by atoms with Gasteiger partial charge < -0.3 is 24.3 Å². The molecule has 0 aromatic heterocycles. The van der Waals surface area contributed by atoms with Crippen LogP contribution in [-0.2, 0) is 6.54 Å². The van der Waals surface area contributed by atoms with Crippen molar-refractivity contribution in [3.63, 3.8) is 0 Å². The van der Waals surface area contributed by atoms with Crippen molar-refractivity contribution in [2.75, 3.05) is 27.1 Å². The third kappa shape index (κ3) is 4.35. The zero-order chi connectivity index (χ0) is 24.4. The number of imide groups is 1. The van der Waals surface area contributed by atoms with Crippen LogP contribution in [0.1, 0.15) is 36.6 Å². The Balaban J connectivity index is 1.22. The van der Waals surface area contributed by atoms with Crippen molar-refractivity contribution in [3.8, 4) is 23.0 Å². The summed E-state index contributed by atoms with van der Waals surface area (Å²) < 4.78 is 21.6. The van der Waals surface area contributed by atoms with E-state index in [1.165, 1.54) is 12.0 Å². The second-order valence-corrected chi connectivity index (χ2v) is 7.90. The molecule has 1 N–H and O–H groups in total. The lowest BCUT2D eigenvalue weighted by atomic mass is 10.1. The number of hydrogen-bond acceptors (Lipinski definition) is 7. The highest BCUT2D eigenvalue weighted by Crippen LogP contribution is 2.35. The maximum absolute atomic E-state index is 12.9. The number of carbonyl (C=O) groups excluding carboxylic acids is 3. The monoisotopic (exact) mass is 474 g/mol. The van der Waals surface area contributed by atoms with E-state index >= 15 is 0 Å². The molecular formula is C26H22N2O7. The zero-order valence-corrected chi connectivity index (χ0v) is 18.9. The highest BCUT2D eigenvalue weighted by molar-refractivity contribution is 6.21. The van der Waals surface area contributed by atoms with Gasteiger partial charge in [0.2, 0.25) is 6.79 Å². The molecule has 0 aliphatic carbocycles. The number of rotatable bonds is 8. The second kappa shape index (κ2) is 9.38. The highest BCUT2D eigenvalue weighted by Gasteiger charge is 2.35. The molecule has 0 saturated carbocycles. The van der Waals surface area contributed by atoms with Crippen molar-refractivity contribution in [1.82, 2.24) is 10.2 Å². The van der Waals surface area contributed by atoms with Crippen LogP contribution in [0.15, 0.2) is 60.7 Å². The predicted octanol–water partition coefficient (Wildman–Crippen LogP) is 3.03. The van der Waals surface area contributed by atoms with Gasteiger partial charge in [0.1, 0.15) is 18.1 Å². The van der Waals surface area contributed by atoms with Gasteiger partial charge in [-0.05, 0) is 42.0 Å². The third-order valence-electron chi connectivity index (χ3n) is 5.73. The molecule has 0 spiro atoms. The first-order chi connectivity index (χ1) is 17.0. The van der Waals surface area contributed by atoms with E-state index in [2.05, 4.69) is 5.32 Å². The molecule has 3 aromatic rings. The molecule has 9 heteroatoms. The molecule has 2 aliphatic rings. The summed E-state index contributed by atoms with van der Waals surface area (Å²) in [7, 11) is 1.47. The number of benzene rings is 3. The zero-order valence-electron chi connectivity index (χ0n) is 18.9. The van der Waals surface area contributed by atoms with Gasteiger partial charge in [-0.3, -0.25) is 19.3 Å². The van der Waals surface area contributed by atoms with Gasteiger partial charge in [0, 0.05) is 6.07 Å². The minimum Gasteiger partial charge on any atom is -0.496 e. The first-order valence-corrected chi connectivity index (χ1v) is 11.0. The van der Waals surface area contributed by atoms with Crippen LogP contribution in [0.25, 0.3) is 0 Å². The smallest absolute Gasteiger partial charge is 0.261 e. The summed E-state index contributed by atoms with van der Waals surface area (Å²) in [6, 6.07) is 17.0. The number of amides is 3. The van der Waals surface area contributed by atoms with Crippen LogP contribution in [-0.4, -0.2) is 49.7 Å². The van der Waals surface area contributed by atoms with E-state index < -0.39 is 0 Å². The number of methoxy groups -OCH3 is 1. The predicted molar refractivity (Wildman–Crippen MR) is 124 cm³/mol. The molecule has 3 aromatic carbocycles. The Kier molecular flexibility index (Phi) is 5.97. The lowest BCUT2D eigenvalue weighted by molar-refractivity contribution is 0.0642. The Morgan fingerprint density at radius 2 is 1.71 bits per heavy atom. The fraction of sp³-hybridized carbons (Fsp3) is 0.192. The molecule has 178 valence electrons. The topological polar surface area (TPSA) is 103 Å². The summed E-state index contributed by atoms with van der Waals surface area (Å²) >= 11 is 0. The number of hydrogen-bond donors (Lipinski definition) is 1. The molecule has 5 rings (SSSR count). The summed E-state index contributed by atoms with van der Waals surface area (Å²) in [6.07, 6.45) is 0. The van der Waals surface area contributed by atoms with Crippen LogP contribution in [0.2, 0.25) is 0 Å². The van der Waals surface area contributed by atoms with Crippen LogP contribution in [0.4, 0.5) is 0 Å². The summed E-state index contributed by atoms with van der Waals surface area (Å²) in [5, 5.41) is 2.80. The van der Waals surface area contributed by atoms with Gasteiger partial charge in [-0.2, -0.15) is 0 Å². The summed E-state index contributed by atoms with van der Waals surface area (Å²) in [6.45, 7) is 0.716. The molecule has 0 radical (unpaired) electrons. The lowest BCUT2D eigenvalue weighted by Gasteiger charge is -2.16. The van der Waals surface area contributed by atoms with E-state index in [0.717, 1.165) is 0 Å². The SMILES string of the molecule is COc1ccc(CN2C(=O)c3ccccc3C2=O)cc1C(=O)NCCOc1ccc2c(c1)OCO2. The van der Waals surface area contributed by atoms with Crippen molar-refractivity contribution in [1.29, 1.82) is 0 Å². The summed E-state index contributed by atoms with van der Waals surface area (Å²) in [5.74, 6) is 1.20. The quantitative estimate of drug-likeness (QED) is 0.395. The van der Waals surface area contributed by atoms with Crippen molar-refractivity contribution >= 4 is 17.7 Å². The summed E-state index contributed by atoms with van der Waals surface area (Å²) in [5.41, 5.74) is 1.68. The maximum atomic E-state index is 12.9. The Labute approximate surface area is 201 Å². The average Bonchev–Trinajstić information content (AvgIpc) is 3.45. The fourth-order valence-electron chi connectivity index (χ4n) is 3.99. The van der Waals surface area contributed by atoms with E-state index in [1.807, 2.05) is 0 Å².